The molecule has 0 spiro atoms. The summed E-state index contributed by atoms with van der Waals surface area (Å²) >= 11 is 4.98. The molecule has 0 amide bonds. The van der Waals surface area contributed by atoms with E-state index in [1.807, 2.05) is 12.1 Å². The van der Waals surface area contributed by atoms with Gasteiger partial charge in [0.2, 0.25) is 10.0 Å². The summed E-state index contributed by atoms with van der Waals surface area (Å²) in [6, 6.07) is 7.09. The van der Waals surface area contributed by atoms with Crippen molar-refractivity contribution < 1.29 is 8.42 Å². The van der Waals surface area contributed by atoms with Gasteiger partial charge in [-0.15, -0.1) is 11.3 Å². The van der Waals surface area contributed by atoms with Crippen LogP contribution in [0.2, 0.25) is 0 Å². The van der Waals surface area contributed by atoms with Crippen molar-refractivity contribution >= 4 is 43.1 Å². The number of rotatable bonds is 6. The Morgan fingerprint density at radius 1 is 1.30 bits per heavy atom. The Labute approximate surface area is 130 Å². The molecule has 108 valence electrons. The Morgan fingerprint density at radius 2 is 2.10 bits per heavy atom. The van der Waals surface area contributed by atoms with Gasteiger partial charge in [0.15, 0.2) is 0 Å². The van der Waals surface area contributed by atoms with Crippen LogP contribution in [0, 0.1) is 0 Å². The molecule has 20 heavy (non-hydrogen) atoms. The fraction of sp³-hybridized carbons (Fsp3) is 0.250. The number of aromatic nitrogens is 1. The van der Waals surface area contributed by atoms with Crippen LogP contribution in [0.4, 0.5) is 5.82 Å². The lowest BCUT2D eigenvalue weighted by Crippen LogP contribution is -2.25. The van der Waals surface area contributed by atoms with Crippen molar-refractivity contribution in [2.24, 2.45) is 0 Å². The Balaban J connectivity index is 1.96. The summed E-state index contributed by atoms with van der Waals surface area (Å²) < 4.78 is 27.7. The van der Waals surface area contributed by atoms with Crippen LogP contribution in [0.1, 0.15) is 4.88 Å². The van der Waals surface area contributed by atoms with E-state index in [0.29, 0.717) is 18.8 Å². The second kappa shape index (κ2) is 6.66. The van der Waals surface area contributed by atoms with Crippen LogP contribution in [0.3, 0.4) is 0 Å². The van der Waals surface area contributed by atoms with Gasteiger partial charge in [-0.2, -0.15) is 0 Å². The number of nitrogens with zero attached hydrogens (tertiary/aromatic N) is 1. The van der Waals surface area contributed by atoms with E-state index in [1.54, 1.807) is 24.5 Å². The standard InChI is InChI=1S/C12H14BrN3O2S2/c1-14-12-5-3-10(8-15-12)20(17,18)16-7-6-9-2-4-11(13)19-9/h2-5,8,16H,6-7H2,1H3,(H,14,15). The molecule has 0 bridgehead atoms. The van der Waals surface area contributed by atoms with Crippen molar-refractivity contribution in [3.8, 4) is 0 Å². The van der Waals surface area contributed by atoms with E-state index in [4.69, 9.17) is 0 Å². The highest BCUT2D eigenvalue weighted by atomic mass is 79.9. The van der Waals surface area contributed by atoms with E-state index < -0.39 is 10.0 Å². The molecular formula is C12H14BrN3O2S2. The Morgan fingerprint density at radius 3 is 2.65 bits per heavy atom. The van der Waals surface area contributed by atoms with Crippen LogP contribution in [-0.4, -0.2) is 27.0 Å². The van der Waals surface area contributed by atoms with Gasteiger partial charge in [-0.3, -0.25) is 0 Å². The zero-order valence-corrected chi connectivity index (χ0v) is 14.0. The molecule has 0 unspecified atom stereocenters. The molecule has 0 saturated carbocycles. The van der Waals surface area contributed by atoms with Crippen molar-refractivity contribution in [2.75, 3.05) is 18.9 Å². The molecule has 5 nitrogen and oxygen atoms in total. The second-order valence-electron chi connectivity index (χ2n) is 3.98. The van der Waals surface area contributed by atoms with E-state index in [0.717, 1.165) is 8.66 Å². The highest BCUT2D eigenvalue weighted by molar-refractivity contribution is 9.11. The molecule has 8 heteroatoms. The van der Waals surface area contributed by atoms with Crippen molar-refractivity contribution in [3.05, 3.63) is 39.1 Å². The Bertz CT molecular complexity index is 668. The number of halogens is 1. The lowest BCUT2D eigenvalue weighted by atomic mass is 10.3. The van der Waals surface area contributed by atoms with Gasteiger partial charge in [0, 0.05) is 24.7 Å². The second-order valence-corrected chi connectivity index (χ2v) is 8.30. The number of anilines is 1. The molecule has 0 aliphatic heterocycles. The molecule has 0 fully saturated rings. The number of hydrogen-bond acceptors (Lipinski definition) is 5. The molecule has 0 aliphatic carbocycles. The third-order valence-corrected chi connectivity index (χ3v) is 5.72. The Kier molecular flexibility index (Phi) is 5.14. The molecule has 0 saturated heterocycles. The fourth-order valence-electron chi connectivity index (χ4n) is 1.57. The summed E-state index contributed by atoms with van der Waals surface area (Å²) in [7, 11) is -1.77. The lowest BCUT2D eigenvalue weighted by Gasteiger charge is -2.06. The van der Waals surface area contributed by atoms with Gasteiger partial charge in [-0.1, -0.05) is 0 Å². The maximum absolute atomic E-state index is 12.0. The van der Waals surface area contributed by atoms with Gasteiger partial charge in [-0.25, -0.2) is 18.1 Å². The van der Waals surface area contributed by atoms with Gasteiger partial charge < -0.3 is 5.32 Å². The summed E-state index contributed by atoms with van der Waals surface area (Å²) in [5.74, 6) is 0.632. The summed E-state index contributed by atoms with van der Waals surface area (Å²) in [5, 5.41) is 2.84. The number of sulfonamides is 1. The molecule has 0 aromatic carbocycles. The van der Waals surface area contributed by atoms with E-state index >= 15 is 0 Å². The molecule has 0 radical (unpaired) electrons. The largest absolute Gasteiger partial charge is 0.373 e. The first kappa shape index (κ1) is 15.4. The predicted molar refractivity (Wildman–Crippen MR) is 84.7 cm³/mol. The zero-order chi connectivity index (χ0) is 14.6. The van der Waals surface area contributed by atoms with Gasteiger partial charge in [0.25, 0.3) is 0 Å². The van der Waals surface area contributed by atoms with Crippen LogP contribution in [0.25, 0.3) is 0 Å². The molecule has 0 aliphatic rings. The van der Waals surface area contributed by atoms with Crippen molar-refractivity contribution in [1.82, 2.24) is 9.71 Å². The summed E-state index contributed by atoms with van der Waals surface area (Å²) in [6.07, 6.45) is 2.01. The third-order valence-electron chi connectivity index (χ3n) is 2.60. The molecule has 0 atom stereocenters. The normalized spacial score (nSPS) is 11.5. The number of nitrogens with one attached hydrogen (secondary N) is 2. The minimum atomic E-state index is -3.50. The fourth-order valence-corrected chi connectivity index (χ4v) is 4.02. The predicted octanol–water partition coefficient (Wildman–Crippen LogP) is 2.47. The smallest absolute Gasteiger partial charge is 0.242 e. The zero-order valence-electron chi connectivity index (χ0n) is 10.8. The van der Waals surface area contributed by atoms with Crippen LogP contribution < -0.4 is 10.0 Å². The summed E-state index contributed by atoms with van der Waals surface area (Å²) in [4.78, 5) is 5.30. The SMILES string of the molecule is CNc1ccc(S(=O)(=O)NCCc2ccc(Br)s2)cn1. The number of hydrogen-bond donors (Lipinski definition) is 2. The minimum Gasteiger partial charge on any atom is -0.373 e. The van der Waals surface area contributed by atoms with Gasteiger partial charge in [0.05, 0.1) is 3.79 Å². The monoisotopic (exact) mass is 375 g/mol. The average Bonchev–Trinajstić information content (AvgIpc) is 2.84. The molecule has 2 N–H and O–H groups in total. The van der Waals surface area contributed by atoms with Crippen molar-refractivity contribution in [1.29, 1.82) is 0 Å². The maximum Gasteiger partial charge on any atom is 0.242 e. The first-order chi connectivity index (χ1) is 9.51. The van der Waals surface area contributed by atoms with Gasteiger partial charge in [0.1, 0.15) is 10.7 Å². The number of pyridine rings is 1. The Hall–Kier alpha value is -0.960. The highest BCUT2D eigenvalue weighted by Gasteiger charge is 2.13. The topological polar surface area (TPSA) is 71.1 Å². The summed E-state index contributed by atoms with van der Waals surface area (Å²) in [5.41, 5.74) is 0. The first-order valence-corrected chi connectivity index (χ1v) is 8.98. The molecular weight excluding hydrogens is 362 g/mol. The minimum absolute atomic E-state index is 0.170. The van der Waals surface area contributed by atoms with Gasteiger partial charge in [-0.05, 0) is 46.6 Å². The van der Waals surface area contributed by atoms with Gasteiger partial charge >= 0.3 is 0 Å². The maximum atomic E-state index is 12.0. The molecule has 2 aromatic rings. The van der Waals surface area contributed by atoms with Crippen LogP contribution in [-0.2, 0) is 16.4 Å². The molecule has 2 heterocycles. The van der Waals surface area contributed by atoms with Crippen molar-refractivity contribution in [3.63, 3.8) is 0 Å². The summed E-state index contributed by atoms with van der Waals surface area (Å²) in [6.45, 7) is 0.364. The van der Waals surface area contributed by atoms with E-state index in [-0.39, 0.29) is 4.90 Å². The molecule has 2 rings (SSSR count). The van der Waals surface area contributed by atoms with Crippen LogP contribution in [0.15, 0.2) is 39.1 Å². The molecule has 2 aromatic heterocycles. The third kappa shape index (κ3) is 4.02. The first-order valence-electron chi connectivity index (χ1n) is 5.89. The highest BCUT2D eigenvalue weighted by Crippen LogP contribution is 2.22. The lowest BCUT2D eigenvalue weighted by molar-refractivity contribution is 0.581. The van der Waals surface area contributed by atoms with Crippen LogP contribution in [0.5, 0.6) is 0 Å². The van der Waals surface area contributed by atoms with Crippen molar-refractivity contribution in [2.45, 2.75) is 11.3 Å². The van der Waals surface area contributed by atoms with Crippen LogP contribution >= 0.6 is 27.3 Å². The van der Waals surface area contributed by atoms with E-state index in [1.165, 1.54) is 12.3 Å². The van der Waals surface area contributed by atoms with E-state index in [2.05, 4.69) is 31.0 Å². The van der Waals surface area contributed by atoms with E-state index in [9.17, 15) is 8.42 Å². The number of thiophene rings is 1. The quantitative estimate of drug-likeness (QED) is 0.813. The average molecular weight is 376 g/mol.